The minimum atomic E-state index is -1.07. The number of carboxylic acids is 1. The third-order valence-corrected chi connectivity index (χ3v) is 2.56. The van der Waals surface area contributed by atoms with Crippen molar-refractivity contribution in [1.29, 1.82) is 0 Å². The minimum absolute atomic E-state index is 0.313. The first-order valence-electron chi connectivity index (χ1n) is 5.49. The van der Waals surface area contributed by atoms with Crippen LogP contribution >= 0.6 is 0 Å². The molecule has 0 aromatic heterocycles. The van der Waals surface area contributed by atoms with E-state index in [9.17, 15) is 14.4 Å². The quantitative estimate of drug-likeness (QED) is 0.553. The lowest BCUT2D eigenvalue weighted by molar-refractivity contribution is -0.149. The Labute approximate surface area is 99.5 Å². The molecule has 0 bridgehead atoms. The lowest BCUT2D eigenvalue weighted by Crippen LogP contribution is -2.42. The number of amides is 1. The number of hydrogen-bond acceptors (Lipinski definition) is 4. The van der Waals surface area contributed by atoms with Crippen molar-refractivity contribution in [2.75, 3.05) is 6.54 Å². The molecular formula is C11H17NO5. The molecule has 0 radical (unpaired) electrons. The highest BCUT2D eigenvalue weighted by Crippen LogP contribution is 2.21. The van der Waals surface area contributed by atoms with Crippen molar-refractivity contribution in [3.63, 3.8) is 0 Å². The Hall–Kier alpha value is -1.59. The van der Waals surface area contributed by atoms with Crippen LogP contribution in [0.4, 0.5) is 4.79 Å². The average Bonchev–Trinajstić information content (AvgIpc) is 2.63. The van der Waals surface area contributed by atoms with Gasteiger partial charge in [-0.15, -0.1) is 0 Å². The molecule has 1 amide bonds. The molecule has 1 atom stereocenters. The minimum Gasteiger partial charge on any atom is -0.480 e. The van der Waals surface area contributed by atoms with Gasteiger partial charge >= 0.3 is 18.0 Å². The molecule has 0 spiro atoms. The van der Waals surface area contributed by atoms with E-state index < -0.39 is 29.5 Å². The number of carboxylic acid groups (broad SMARTS) is 1. The van der Waals surface area contributed by atoms with Gasteiger partial charge in [-0.2, -0.15) is 0 Å². The van der Waals surface area contributed by atoms with Crippen LogP contribution in [0.2, 0.25) is 0 Å². The van der Waals surface area contributed by atoms with E-state index in [1.165, 1.54) is 0 Å². The topological polar surface area (TPSA) is 83.9 Å². The van der Waals surface area contributed by atoms with Gasteiger partial charge in [0, 0.05) is 6.54 Å². The second-order valence-electron chi connectivity index (χ2n) is 5.10. The zero-order valence-corrected chi connectivity index (χ0v) is 10.2. The van der Waals surface area contributed by atoms with Gasteiger partial charge in [0.05, 0.1) is 5.41 Å². The molecule has 0 unspecified atom stereocenters. The predicted molar refractivity (Wildman–Crippen MR) is 58.3 cm³/mol. The molecule has 1 rings (SSSR count). The maximum Gasteiger partial charge on any atom is 0.418 e. The van der Waals surface area contributed by atoms with Crippen molar-refractivity contribution in [1.82, 2.24) is 4.90 Å². The maximum absolute atomic E-state index is 11.6. The molecule has 96 valence electrons. The summed E-state index contributed by atoms with van der Waals surface area (Å²) in [6, 6.07) is -0.879. The Morgan fingerprint density at radius 2 is 1.88 bits per heavy atom. The average molecular weight is 243 g/mol. The van der Waals surface area contributed by atoms with Crippen LogP contribution in [-0.2, 0) is 14.3 Å². The van der Waals surface area contributed by atoms with Crippen LogP contribution < -0.4 is 0 Å². The van der Waals surface area contributed by atoms with E-state index in [4.69, 9.17) is 5.11 Å². The fourth-order valence-corrected chi connectivity index (χ4v) is 1.53. The largest absolute Gasteiger partial charge is 0.480 e. The summed E-state index contributed by atoms with van der Waals surface area (Å²) in [5, 5.41) is 8.89. The number of carbonyl (C=O) groups excluding carboxylic acids is 2. The lowest BCUT2D eigenvalue weighted by Gasteiger charge is -2.22. The standard InChI is InChI=1S/C11H17NO5/c1-11(2,3)9(15)17-10(16)12-6-4-5-7(12)8(13)14/h7H,4-6H2,1-3H3,(H,13,14)/t7-/m0/s1. The molecule has 1 heterocycles. The van der Waals surface area contributed by atoms with Gasteiger partial charge < -0.3 is 9.84 Å². The van der Waals surface area contributed by atoms with Gasteiger partial charge in [-0.1, -0.05) is 0 Å². The molecule has 6 heteroatoms. The summed E-state index contributed by atoms with van der Waals surface area (Å²) in [5.41, 5.74) is -0.784. The van der Waals surface area contributed by atoms with Gasteiger partial charge in [0.2, 0.25) is 0 Å². The van der Waals surface area contributed by atoms with Gasteiger partial charge in [0.15, 0.2) is 0 Å². The molecule has 6 nitrogen and oxygen atoms in total. The van der Waals surface area contributed by atoms with E-state index in [-0.39, 0.29) is 0 Å². The summed E-state index contributed by atoms with van der Waals surface area (Å²) in [5.74, 6) is -1.72. The number of carbonyl (C=O) groups is 3. The van der Waals surface area contributed by atoms with Crippen molar-refractivity contribution >= 4 is 18.0 Å². The van der Waals surface area contributed by atoms with E-state index >= 15 is 0 Å². The number of nitrogens with zero attached hydrogens (tertiary/aromatic N) is 1. The van der Waals surface area contributed by atoms with Crippen LogP contribution in [0.3, 0.4) is 0 Å². The highest BCUT2D eigenvalue weighted by atomic mass is 16.6. The highest BCUT2D eigenvalue weighted by molar-refractivity contribution is 5.89. The summed E-state index contributed by atoms with van der Waals surface area (Å²) in [7, 11) is 0. The second-order valence-corrected chi connectivity index (χ2v) is 5.10. The third-order valence-electron chi connectivity index (χ3n) is 2.56. The van der Waals surface area contributed by atoms with Gasteiger partial charge in [0.1, 0.15) is 6.04 Å². The van der Waals surface area contributed by atoms with Crippen LogP contribution in [0.1, 0.15) is 33.6 Å². The van der Waals surface area contributed by atoms with Gasteiger partial charge in [-0.05, 0) is 33.6 Å². The molecule has 0 aromatic rings. The first-order chi connectivity index (χ1) is 7.73. The van der Waals surface area contributed by atoms with Crippen molar-refractivity contribution in [2.24, 2.45) is 5.41 Å². The first kappa shape index (κ1) is 13.5. The number of hydrogen-bond donors (Lipinski definition) is 1. The molecule has 0 aliphatic carbocycles. The lowest BCUT2D eigenvalue weighted by atomic mass is 9.97. The predicted octanol–water partition coefficient (Wildman–Crippen LogP) is 1.24. The van der Waals surface area contributed by atoms with Crippen molar-refractivity contribution in [3.8, 4) is 0 Å². The zero-order valence-electron chi connectivity index (χ0n) is 10.2. The second kappa shape index (κ2) is 4.73. The Kier molecular flexibility index (Phi) is 3.75. The third kappa shape index (κ3) is 3.18. The van der Waals surface area contributed by atoms with E-state index in [2.05, 4.69) is 4.74 Å². The van der Waals surface area contributed by atoms with Gasteiger partial charge in [-0.3, -0.25) is 9.69 Å². The van der Waals surface area contributed by atoms with Crippen LogP contribution in [-0.4, -0.2) is 40.6 Å². The Bertz CT molecular complexity index is 344. The molecule has 1 fully saturated rings. The molecule has 1 aliphatic rings. The Morgan fingerprint density at radius 3 is 2.35 bits per heavy atom. The summed E-state index contributed by atoms with van der Waals surface area (Å²) < 4.78 is 4.66. The smallest absolute Gasteiger partial charge is 0.418 e. The number of likely N-dealkylation sites (tertiary alicyclic amines) is 1. The Morgan fingerprint density at radius 1 is 1.29 bits per heavy atom. The van der Waals surface area contributed by atoms with E-state index in [0.717, 1.165) is 4.90 Å². The highest BCUT2D eigenvalue weighted by Gasteiger charge is 2.37. The normalized spacial score (nSPS) is 20.2. The van der Waals surface area contributed by atoms with Crippen molar-refractivity contribution in [3.05, 3.63) is 0 Å². The monoisotopic (exact) mass is 243 g/mol. The fourth-order valence-electron chi connectivity index (χ4n) is 1.53. The Balaban J connectivity index is 2.65. The molecule has 17 heavy (non-hydrogen) atoms. The van der Waals surface area contributed by atoms with Crippen LogP contribution in [0.25, 0.3) is 0 Å². The van der Waals surface area contributed by atoms with Crippen molar-refractivity contribution < 1.29 is 24.2 Å². The van der Waals surface area contributed by atoms with Gasteiger partial charge in [0.25, 0.3) is 0 Å². The number of aliphatic carboxylic acids is 1. The van der Waals surface area contributed by atoms with E-state index in [1.54, 1.807) is 20.8 Å². The summed E-state index contributed by atoms with van der Waals surface area (Å²) in [6.45, 7) is 5.19. The SMILES string of the molecule is CC(C)(C)C(=O)OC(=O)N1CCC[C@H]1C(=O)O. The fraction of sp³-hybridized carbons (Fsp3) is 0.727. The van der Waals surface area contributed by atoms with Crippen LogP contribution in [0.15, 0.2) is 0 Å². The van der Waals surface area contributed by atoms with Crippen LogP contribution in [0.5, 0.6) is 0 Å². The van der Waals surface area contributed by atoms with Crippen LogP contribution in [0, 0.1) is 5.41 Å². The molecule has 0 saturated carbocycles. The van der Waals surface area contributed by atoms with Crippen molar-refractivity contribution in [2.45, 2.75) is 39.7 Å². The zero-order chi connectivity index (χ0) is 13.2. The molecule has 0 aromatic carbocycles. The molecule has 1 N–H and O–H groups in total. The first-order valence-corrected chi connectivity index (χ1v) is 5.49. The number of esters is 1. The molecule has 1 saturated heterocycles. The summed E-state index contributed by atoms with van der Waals surface area (Å²) in [4.78, 5) is 35.1. The number of ether oxygens (including phenoxy) is 1. The summed E-state index contributed by atoms with van der Waals surface area (Å²) in [6.07, 6.45) is 0.138. The molecular weight excluding hydrogens is 226 g/mol. The van der Waals surface area contributed by atoms with E-state index in [1.807, 2.05) is 0 Å². The molecule has 1 aliphatic heterocycles. The number of rotatable bonds is 1. The summed E-state index contributed by atoms with van der Waals surface area (Å²) >= 11 is 0. The van der Waals surface area contributed by atoms with E-state index in [0.29, 0.717) is 19.4 Å². The van der Waals surface area contributed by atoms with Gasteiger partial charge in [-0.25, -0.2) is 9.59 Å². The maximum atomic E-state index is 11.6.